The lowest BCUT2D eigenvalue weighted by Gasteiger charge is -2.29. The van der Waals surface area contributed by atoms with Crippen molar-refractivity contribution in [2.45, 2.75) is 52.3 Å². The Morgan fingerprint density at radius 3 is 2.34 bits per heavy atom. The van der Waals surface area contributed by atoms with Crippen LogP contribution in [0.15, 0.2) is 78.9 Å². The van der Waals surface area contributed by atoms with E-state index in [2.05, 4.69) is 34.6 Å². The Labute approximate surface area is 243 Å². The number of aliphatic hydroxyl groups excluding tert-OH is 1. The molecule has 0 saturated carbocycles. The fourth-order valence-corrected chi connectivity index (χ4v) is 4.31. The summed E-state index contributed by atoms with van der Waals surface area (Å²) < 4.78 is 11.8. The summed E-state index contributed by atoms with van der Waals surface area (Å²) >= 11 is 0. The monoisotopic (exact) mass is 561 g/mol. The minimum atomic E-state index is -0.764. The zero-order chi connectivity index (χ0) is 29.5. The molecule has 8 nitrogen and oxygen atoms in total. The van der Waals surface area contributed by atoms with Crippen molar-refractivity contribution in [3.05, 3.63) is 90.0 Å². The molecule has 8 heteroatoms. The molecule has 0 aliphatic rings. The van der Waals surface area contributed by atoms with Crippen LogP contribution in [0.2, 0.25) is 0 Å². The Morgan fingerprint density at radius 1 is 0.951 bits per heavy atom. The molecule has 0 spiro atoms. The Hall–Kier alpha value is -3.72. The average molecular weight is 562 g/mol. The van der Waals surface area contributed by atoms with E-state index in [1.807, 2.05) is 55.5 Å². The van der Waals surface area contributed by atoms with Crippen LogP contribution in [0.3, 0.4) is 0 Å². The number of para-hydroxylation sites is 1. The number of Topliss-reactive ketones (excluding diaryl/α,β-unsaturated/α-hetero) is 1. The highest BCUT2D eigenvalue weighted by molar-refractivity contribution is 5.99. The highest BCUT2D eigenvalue weighted by Crippen LogP contribution is 2.24. The Morgan fingerprint density at radius 2 is 1.66 bits per heavy atom. The maximum absolute atomic E-state index is 12.2. The molecule has 2 unspecified atom stereocenters. The van der Waals surface area contributed by atoms with Gasteiger partial charge in [0.05, 0.1) is 5.56 Å². The molecule has 3 aromatic carbocycles. The van der Waals surface area contributed by atoms with E-state index in [1.165, 1.54) is 12.5 Å². The largest absolute Gasteiger partial charge is 0.492 e. The number of anilines is 1. The van der Waals surface area contributed by atoms with E-state index in [9.17, 15) is 14.7 Å². The first kappa shape index (κ1) is 31.8. The van der Waals surface area contributed by atoms with E-state index in [0.717, 1.165) is 25.3 Å². The number of ketones is 1. The number of hydrogen-bond donors (Lipinski definition) is 3. The second kappa shape index (κ2) is 17.2. The summed E-state index contributed by atoms with van der Waals surface area (Å²) in [7, 11) is 0. The molecule has 0 heterocycles. The summed E-state index contributed by atoms with van der Waals surface area (Å²) in [4.78, 5) is 26.4. The lowest BCUT2D eigenvalue weighted by atomic mass is 10.1. The van der Waals surface area contributed by atoms with Crippen LogP contribution in [0.5, 0.6) is 11.5 Å². The van der Waals surface area contributed by atoms with E-state index in [-0.39, 0.29) is 24.3 Å². The molecule has 0 bridgehead atoms. The zero-order valence-electron chi connectivity index (χ0n) is 24.3. The van der Waals surface area contributed by atoms with Crippen LogP contribution in [-0.2, 0) is 11.3 Å². The minimum Gasteiger partial charge on any atom is -0.492 e. The van der Waals surface area contributed by atoms with E-state index in [4.69, 9.17) is 9.47 Å². The van der Waals surface area contributed by atoms with Crippen LogP contribution in [-0.4, -0.2) is 66.7 Å². The maximum Gasteiger partial charge on any atom is 0.224 e. The first-order valence-electron chi connectivity index (χ1n) is 14.3. The number of aliphatic hydroxyl groups is 1. The molecule has 41 heavy (non-hydrogen) atoms. The van der Waals surface area contributed by atoms with Crippen molar-refractivity contribution >= 4 is 17.4 Å². The van der Waals surface area contributed by atoms with Gasteiger partial charge in [-0.1, -0.05) is 55.5 Å². The fourth-order valence-electron chi connectivity index (χ4n) is 4.31. The number of carbonyl (C=O) groups excluding carboxylic acids is 2. The minimum absolute atomic E-state index is 0.0316. The van der Waals surface area contributed by atoms with Crippen LogP contribution in [0, 0.1) is 0 Å². The standard InChI is InChI=1S/C33H43N3O5/c1-4-11-33(39)35-28-16-17-32(31(20-28)26(3)37)41-24-29(38)21-34-18-19-36(22-27-12-7-5-8-13-27)25(2)23-40-30-14-9-6-10-15-30/h5-10,12-17,20,25,29,34,38H,4,11,18-19,21-24H2,1-3H3,(H,35,39). The highest BCUT2D eigenvalue weighted by atomic mass is 16.5. The molecule has 0 aliphatic carbocycles. The van der Waals surface area contributed by atoms with Crippen molar-refractivity contribution in [2.24, 2.45) is 0 Å². The maximum atomic E-state index is 12.2. The summed E-state index contributed by atoms with van der Waals surface area (Å²) in [5, 5.41) is 16.6. The third kappa shape index (κ3) is 11.4. The van der Waals surface area contributed by atoms with E-state index in [1.54, 1.807) is 18.2 Å². The van der Waals surface area contributed by atoms with Gasteiger partial charge < -0.3 is 25.2 Å². The predicted octanol–water partition coefficient (Wildman–Crippen LogP) is 4.93. The number of carbonyl (C=O) groups is 2. The quantitative estimate of drug-likeness (QED) is 0.150. The summed E-state index contributed by atoms with van der Waals surface area (Å²) in [5.74, 6) is 0.955. The molecular formula is C33H43N3O5. The lowest BCUT2D eigenvalue weighted by Crippen LogP contribution is -2.42. The van der Waals surface area contributed by atoms with Gasteiger partial charge in [0.2, 0.25) is 5.91 Å². The second-order valence-electron chi connectivity index (χ2n) is 10.2. The zero-order valence-corrected chi connectivity index (χ0v) is 24.3. The molecule has 0 radical (unpaired) electrons. The topological polar surface area (TPSA) is 100 Å². The van der Waals surface area contributed by atoms with E-state index < -0.39 is 6.10 Å². The first-order valence-corrected chi connectivity index (χ1v) is 14.3. The number of rotatable bonds is 18. The Kier molecular flexibility index (Phi) is 13.3. The summed E-state index contributed by atoms with van der Waals surface area (Å²) in [5.41, 5.74) is 2.14. The van der Waals surface area contributed by atoms with Crippen LogP contribution in [0.4, 0.5) is 5.69 Å². The third-order valence-corrected chi connectivity index (χ3v) is 6.59. The summed E-state index contributed by atoms with van der Waals surface area (Å²) in [6.07, 6.45) is 0.392. The molecule has 220 valence electrons. The molecule has 3 N–H and O–H groups in total. The van der Waals surface area contributed by atoms with Gasteiger partial charge in [-0.2, -0.15) is 0 Å². The predicted molar refractivity (Wildman–Crippen MR) is 163 cm³/mol. The molecule has 2 atom stereocenters. The number of nitrogens with zero attached hydrogens (tertiary/aromatic N) is 1. The average Bonchev–Trinajstić information content (AvgIpc) is 2.97. The van der Waals surface area contributed by atoms with Gasteiger partial charge in [0.1, 0.15) is 30.8 Å². The van der Waals surface area contributed by atoms with Gasteiger partial charge in [0, 0.05) is 44.3 Å². The van der Waals surface area contributed by atoms with Crippen LogP contribution < -0.4 is 20.1 Å². The molecule has 0 aliphatic heterocycles. The van der Waals surface area contributed by atoms with Crippen molar-refractivity contribution in [3.63, 3.8) is 0 Å². The van der Waals surface area contributed by atoms with Crippen molar-refractivity contribution in [2.75, 3.05) is 38.2 Å². The van der Waals surface area contributed by atoms with Gasteiger partial charge in [-0.25, -0.2) is 0 Å². The van der Waals surface area contributed by atoms with Crippen molar-refractivity contribution in [3.8, 4) is 11.5 Å². The summed E-state index contributed by atoms with van der Waals surface area (Å²) in [6.45, 7) is 8.70. The number of nitrogens with one attached hydrogen (secondary N) is 2. The Balaban J connectivity index is 1.48. The van der Waals surface area contributed by atoms with Gasteiger partial charge in [-0.05, 0) is 56.2 Å². The van der Waals surface area contributed by atoms with Gasteiger partial charge in [0.25, 0.3) is 0 Å². The molecule has 0 fully saturated rings. The van der Waals surface area contributed by atoms with Crippen LogP contribution in [0.1, 0.15) is 49.5 Å². The SMILES string of the molecule is CCCC(=O)Nc1ccc(OCC(O)CNCCN(Cc2ccccc2)C(C)COc2ccccc2)c(C(C)=O)c1. The number of amides is 1. The molecule has 3 aromatic rings. The highest BCUT2D eigenvalue weighted by Gasteiger charge is 2.16. The first-order chi connectivity index (χ1) is 19.9. The molecular weight excluding hydrogens is 518 g/mol. The number of benzene rings is 3. The van der Waals surface area contributed by atoms with Gasteiger partial charge >= 0.3 is 0 Å². The molecule has 3 rings (SSSR count). The van der Waals surface area contributed by atoms with E-state index >= 15 is 0 Å². The normalized spacial score (nSPS) is 12.5. The third-order valence-electron chi connectivity index (χ3n) is 6.59. The summed E-state index contributed by atoms with van der Waals surface area (Å²) in [6, 6.07) is 25.3. The Bertz CT molecular complexity index is 1210. The van der Waals surface area contributed by atoms with E-state index in [0.29, 0.717) is 43.1 Å². The van der Waals surface area contributed by atoms with Crippen molar-refractivity contribution in [1.82, 2.24) is 10.2 Å². The van der Waals surface area contributed by atoms with Crippen molar-refractivity contribution in [1.29, 1.82) is 0 Å². The molecule has 0 saturated heterocycles. The second-order valence-corrected chi connectivity index (χ2v) is 10.2. The lowest BCUT2D eigenvalue weighted by molar-refractivity contribution is -0.116. The van der Waals surface area contributed by atoms with Gasteiger partial charge in [0.15, 0.2) is 5.78 Å². The van der Waals surface area contributed by atoms with Gasteiger partial charge in [-0.15, -0.1) is 0 Å². The van der Waals surface area contributed by atoms with Gasteiger partial charge in [-0.3, -0.25) is 14.5 Å². The van der Waals surface area contributed by atoms with Crippen molar-refractivity contribution < 1.29 is 24.2 Å². The molecule has 0 aromatic heterocycles. The van der Waals surface area contributed by atoms with Crippen LogP contribution >= 0.6 is 0 Å². The molecule has 1 amide bonds. The fraction of sp³-hybridized carbons (Fsp3) is 0.394. The number of ether oxygens (including phenoxy) is 2. The smallest absolute Gasteiger partial charge is 0.224 e. The number of hydrogen-bond acceptors (Lipinski definition) is 7. The van der Waals surface area contributed by atoms with Crippen LogP contribution in [0.25, 0.3) is 0 Å².